The molecule has 1 heterocycles. The molecule has 1 aromatic rings. The van der Waals surface area contributed by atoms with Gasteiger partial charge in [-0.3, -0.25) is 4.98 Å². The summed E-state index contributed by atoms with van der Waals surface area (Å²) in [6, 6.07) is 3.75. The maximum Gasteiger partial charge on any atom is 0.123 e. The molecular weight excluding hydrogens is 236 g/mol. The highest BCUT2D eigenvalue weighted by Gasteiger charge is 2.05. The Bertz CT molecular complexity index is 358. The van der Waals surface area contributed by atoms with Gasteiger partial charge in [0.15, 0.2) is 0 Å². The standard InChI is InChI=1S/C12H18N2O2S/c1-2-6-15-7-8-16-9-10-4-3-5-14-11(10)12(13)17/h3-5H,2,6-9H2,1H3,(H2,13,17). The average Bonchev–Trinajstić information content (AvgIpc) is 2.34. The monoisotopic (exact) mass is 254 g/mol. The molecule has 0 amide bonds. The number of aromatic nitrogens is 1. The number of nitrogens with zero attached hydrogens (tertiary/aromatic N) is 1. The predicted octanol–water partition coefficient (Wildman–Crippen LogP) is 1.66. The van der Waals surface area contributed by atoms with Gasteiger partial charge in [0.25, 0.3) is 0 Å². The first-order valence-electron chi connectivity index (χ1n) is 5.65. The van der Waals surface area contributed by atoms with E-state index in [1.165, 1.54) is 0 Å². The van der Waals surface area contributed by atoms with E-state index in [4.69, 9.17) is 27.4 Å². The van der Waals surface area contributed by atoms with Crippen LogP contribution in [-0.4, -0.2) is 29.8 Å². The van der Waals surface area contributed by atoms with E-state index in [2.05, 4.69) is 11.9 Å². The van der Waals surface area contributed by atoms with Crippen molar-refractivity contribution in [1.29, 1.82) is 0 Å². The molecule has 0 aliphatic rings. The number of ether oxygens (including phenoxy) is 2. The van der Waals surface area contributed by atoms with Crippen molar-refractivity contribution in [2.45, 2.75) is 20.0 Å². The Labute approximate surface area is 107 Å². The summed E-state index contributed by atoms with van der Waals surface area (Å²) < 4.78 is 10.8. The van der Waals surface area contributed by atoms with E-state index in [1.54, 1.807) is 6.20 Å². The molecule has 0 saturated heterocycles. The van der Waals surface area contributed by atoms with E-state index < -0.39 is 0 Å². The molecule has 0 aliphatic carbocycles. The van der Waals surface area contributed by atoms with Gasteiger partial charge in [-0.05, 0) is 12.5 Å². The molecule has 5 heteroatoms. The highest BCUT2D eigenvalue weighted by Crippen LogP contribution is 2.06. The Hall–Kier alpha value is -1.04. The maximum atomic E-state index is 5.57. The minimum absolute atomic E-state index is 0.298. The molecule has 1 rings (SSSR count). The third kappa shape index (κ3) is 5.21. The van der Waals surface area contributed by atoms with Gasteiger partial charge in [-0.25, -0.2) is 0 Å². The smallest absolute Gasteiger partial charge is 0.123 e. The fourth-order valence-corrected chi connectivity index (χ4v) is 1.51. The zero-order chi connectivity index (χ0) is 12.5. The third-order valence-corrected chi connectivity index (χ3v) is 2.30. The summed E-state index contributed by atoms with van der Waals surface area (Å²) >= 11 is 4.92. The van der Waals surface area contributed by atoms with Crippen LogP contribution in [-0.2, 0) is 16.1 Å². The lowest BCUT2D eigenvalue weighted by molar-refractivity contribution is 0.0407. The minimum Gasteiger partial charge on any atom is -0.388 e. The largest absolute Gasteiger partial charge is 0.388 e. The second-order valence-corrected chi connectivity index (χ2v) is 3.98. The van der Waals surface area contributed by atoms with Crippen LogP contribution in [0.25, 0.3) is 0 Å². The van der Waals surface area contributed by atoms with Gasteiger partial charge in [0.1, 0.15) is 10.7 Å². The number of hydrogen-bond donors (Lipinski definition) is 1. The van der Waals surface area contributed by atoms with Crippen molar-refractivity contribution in [1.82, 2.24) is 4.98 Å². The first-order chi connectivity index (χ1) is 8.25. The quantitative estimate of drug-likeness (QED) is 0.565. The van der Waals surface area contributed by atoms with E-state index in [0.717, 1.165) is 18.6 Å². The predicted molar refractivity (Wildman–Crippen MR) is 70.9 cm³/mol. The summed E-state index contributed by atoms with van der Waals surface area (Å²) in [5, 5.41) is 0. The first kappa shape index (κ1) is 14.0. The van der Waals surface area contributed by atoms with E-state index >= 15 is 0 Å². The van der Waals surface area contributed by atoms with Crippen LogP contribution in [0.1, 0.15) is 24.6 Å². The molecule has 0 aromatic carbocycles. The SMILES string of the molecule is CCCOCCOCc1cccnc1C(N)=S. The molecule has 17 heavy (non-hydrogen) atoms. The molecule has 0 fully saturated rings. The van der Waals surface area contributed by atoms with Crippen molar-refractivity contribution in [2.75, 3.05) is 19.8 Å². The Morgan fingerprint density at radius 3 is 2.82 bits per heavy atom. The van der Waals surface area contributed by atoms with Gasteiger partial charge in [-0.15, -0.1) is 0 Å². The second kappa shape index (κ2) is 8.11. The van der Waals surface area contributed by atoms with E-state index in [9.17, 15) is 0 Å². The van der Waals surface area contributed by atoms with Crippen LogP contribution in [0.2, 0.25) is 0 Å². The van der Waals surface area contributed by atoms with Crippen molar-refractivity contribution in [3.05, 3.63) is 29.6 Å². The molecule has 4 nitrogen and oxygen atoms in total. The van der Waals surface area contributed by atoms with Gasteiger partial charge >= 0.3 is 0 Å². The average molecular weight is 254 g/mol. The molecule has 2 N–H and O–H groups in total. The Morgan fingerprint density at radius 2 is 2.12 bits per heavy atom. The third-order valence-electron chi connectivity index (χ3n) is 2.10. The zero-order valence-corrected chi connectivity index (χ0v) is 10.8. The molecule has 0 bridgehead atoms. The lowest BCUT2D eigenvalue weighted by atomic mass is 10.2. The van der Waals surface area contributed by atoms with Crippen LogP contribution < -0.4 is 5.73 Å². The molecule has 0 aliphatic heterocycles. The van der Waals surface area contributed by atoms with Crippen LogP contribution in [0.5, 0.6) is 0 Å². The minimum atomic E-state index is 0.298. The highest BCUT2D eigenvalue weighted by molar-refractivity contribution is 7.80. The zero-order valence-electron chi connectivity index (χ0n) is 10.0. The van der Waals surface area contributed by atoms with E-state index in [1.807, 2.05) is 12.1 Å². The summed E-state index contributed by atoms with van der Waals surface area (Å²) in [5.74, 6) is 0. The first-order valence-corrected chi connectivity index (χ1v) is 6.05. The van der Waals surface area contributed by atoms with E-state index in [-0.39, 0.29) is 0 Å². The van der Waals surface area contributed by atoms with Crippen LogP contribution >= 0.6 is 12.2 Å². The van der Waals surface area contributed by atoms with Gasteiger partial charge in [-0.1, -0.05) is 25.2 Å². The number of thiocarbonyl (C=S) groups is 1. The molecule has 94 valence electrons. The fourth-order valence-electron chi connectivity index (χ4n) is 1.32. The summed E-state index contributed by atoms with van der Waals surface area (Å²) in [6.07, 6.45) is 2.69. The molecule has 0 saturated carbocycles. The van der Waals surface area contributed by atoms with Crippen molar-refractivity contribution in [3.8, 4) is 0 Å². The van der Waals surface area contributed by atoms with Crippen molar-refractivity contribution < 1.29 is 9.47 Å². The molecule has 1 aromatic heterocycles. The molecule has 0 unspecified atom stereocenters. The van der Waals surface area contributed by atoms with Gasteiger partial charge in [0.2, 0.25) is 0 Å². The number of hydrogen-bond acceptors (Lipinski definition) is 4. The summed E-state index contributed by atoms with van der Waals surface area (Å²) in [4.78, 5) is 4.43. The van der Waals surface area contributed by atoms with Gasteiger partial charge in [-0.2, -0.15) is 0 Å². The molecule has 0 atom stereocenters. The van der Waals surface area contributed by atoms with Gasteiger partial charge in [0.05, 0.1) is 19.8 Å². The number of pyridine rings is 1. The van der Waals surface area contributed by atoms with Crippen molar-refractivity contribution >= 4 is 17.2 Å². The summed E-state index contributed by atoms with van der Waals surface area (Å²) in [6.45, 7) is 4.47. The highest BCUT2D eigenvalue weighted by atomic mass is 32.1. The molecule has 0 spiro atoms. The van der Waals surface area contributed by atoms with Crippen molar-refractivity contribution in [3.63, 3.8) is 0 Å². The fraction of sp³-hybridized carbons (Fsp3) is 0.500. The van der Waals surface area contributed by atoms with Crippen LogP contribution in [0.3, 0.4) is 0 Å². The Kier molecular flexibility index (Phi) is 6.69. The topological polar surface area (TPSA) is 57.4 Å². The second-order valence-electron chi connectivity index (χ2n) is 3.54. The normalized spacial score (nSPS) is 10.4. The number of nitrogens with two attached hydrogens (primary N) is 1. The van der Waals surface area contributed by atoms with Crippen LogP contribution in [0, 0.1) is 0 Å². The van der Waals surface area contributed by atoms with Gasteiger partial charge < -0.3 is 15.2 Å². The summed E-state index contributed by atoms with van der Waals surface area (Å²) in [5.41, 5.74) is 7.12. The Morgan fingerprint density at radius 1 is 1.35 bits per heavy atom. The lowest BCUT2D eigenvalue weighted by Gasteiger charge is -2.08. The maximum absolute atomic E-state index is 5.57. The summed E-state index contributed by atoms with van der Waals surface area (Å²) in [7, 11) is 0. The molecule has 0 radical (unpaired) electrons. The van der Waals surface area contributed by atoms with E-state index in [0.29, 0.717) is 30.5 Å². The Balaban J connectivity index is 2.34. The van der Waals surface area contributed by atoms with Gasteiger partial charge in [0, 0.05) is 18.4 Å². The lowest BCUT2D eigenvalue weighted by Crippen LogP contribution is -2.15. The van der Waals surface area contributed by atoms with Crippen LogP contribution in [0.15, 0.2) is 18.3 Å². The molecular formula is C12H18N2O2S. The number of rotatable bonds is 8. The van der Waals surface area contributed by atoms with Crippen molar-refractivity contribution in [2.24, 2.45) is 5.73 Å². The van der Waals surface area contributed by atoms with Crippen LogP contribution in [0.4, 0.5) is 0 Å².